The van der Waals surface area contributed by atoms with Crippen LogP contribution in [0.4, 0.5) is 4.39 Å². The molecule has 0 bridgehead atoms. The molecule has 1 amide bonds. The Bertz CT molecular complexity index is 1180. The second kappa shape index (κ2) is 7.83. The average molecular weight is 388 g/mol. The van der Waals surface area contributed by atoms with Crippen LogP contribution in [0, 0.1) is 12.7 Å². The van der Waals surface area contributed by atoms with E-state index in [9.17, 15) is 9.18 Å². The maximum absolute atomic E-state index is 13.1. The highest BCUT2D eigenvalue weighted by atomic mass is 19.1. The molecule has 0 saturated heterocycles. The summed E-state index contributed by atoms with van der Waals surface area (Å²) in [4.78, 5) is 16.8. The monoisotopic (exact) mass is 388 g/mol. The number of carbonyl (C=O) groups is 1. The summed E-state index contributed by atoms with van der Waals surface area (Å²) in [6.45, 7) is 4.47. The third-order valence-electron chi connectivity index (χ3n) is 4.93. The van der Waals surface area contributed by atoms with Crippen molar-refractivity contribution in [3.63, 3.8) is 0 Å². The molecule has 0 aliphatic rings. The van der Waals surface area contributed by atoms with Gasteiger partial charge in [0.25, 0.3) is 5.91 Å². The number of hydrogen-bond donors (Lipinski definition) is 2. The van der Waals surface area contributed by atoms with Gasteiger partial charge in [-0.15, -0.1) is 0 Å². The minimum absolute atomic E-state index is 0.101. The Morgan fingerprint density at radius 2 is 1.93 bits per heavy atom. The minimum Gasteiger partial charge on any atom is -0.352 e. The van der Waals surface area contributed by atoms with Gasteiger partial charge in [-0.2, -0.15) is 5.10 Å². The smallest absolute Gasteiger partial charge is 0.251 e. The summed E-state index contributed by atoms with van der Waals surface area (Å²) in [6.07, 6.45) is 2.41. The zero-order chi connectivity index (χ0) is 20.4. The number of aromatic amines is 1. The van der Waals surface area contributed by atoms with Gasteiger partial charge in [-0.05, 0) is 55.3 Å². The number of nitrogens with one attached hydrogen (secondary N) is 2. The number of H-pyrrole nitrogens is 1. The fourth-order valence-electron chi connectivity index (χ4n) is 3.35. The number of amides is 1. The van der Waals surface area contributed by atoms with Gasteiger partial charge in [0.15, 0.2) is 0 Å². The van der Waals surface area contributed by atoms with Gasteiger partial charge >= 0.3 is 0 Å². The van der Waals surface area contributed by atoms with E-state index < -0.39 is 0 Å². The van der Waals surface area contributed by atoms with Crippen LogP contribution in [-0.2, 0) is 6.42 Å². The molecule has 6 heteroatoms. The van der Waals surface area contributed by atoms with Crippen molar-refractivity contribution in [1.29, 1.82) is 0 Å². The first-order chi connectivity index (χ1) is 14.0. The molecule has 2 aromatic heterocycles. The first-order valence-electron chi connectivity index (χ1n) is 9.52. The third kappa shape index (κ3) is 3.87. The predicted molar refractivity (Wildman–Crippen MR) is 111 cm³/mol. The van der Waals surface area contributed by atoms with Crippen LogP contribution < -0.4 is 5.32 Å². The molecule has 0 fully saturated rings. The Hall–Kier alpha value is -3.54. The second-order valence-electron chi connectivity index (χ2n) is 6.98. The predicted octanol–water partition coefficient (Wildman–Crippen LogP) is 4.41. The van der Waals surface area contributed by atoms with Crippen LogP contribution in [0.25, 0.3) is 22.2 Å². The first-order valence-corrected chi connectivity index (χ1v) is 9.52. The van der Waals surface area contributed by atoms with E-state index >= 15 is 0 Å². The standard InChI is InChI=1S/C23H21FN4O/c1-3-25-23(29)16-7-4-14(2)18(11-16)20-12-22-19(13-26-20)21(27-28-22)10-15-5-8-17(24)9-6-15/h4-9,11-13H,3,10H2,1-2H3,(H,25,29)(H,27,28). The van der Waals surface area contributed by atoms with E-state index in [0.717, 1.165) is 39.0 Å². The molecule has 4 aromatic rings. The molecule has 4 rings (SSSR count). The van der Waals surface area contributed by atoms with Crippen LogP contribution >= 0.6 is 0 Å². The molecule has 0 aliphatic carbocycles. The zero-order valence-electron chi connectivity index (χ0n) is 16.3. The molecule has 0 atom stereocenters. The summed E-state index contributed by atoms with van der Waals surface area (Å²) in [6, 6.07) is 14.0. The SMILES string of the molecule is CCNC(=O)c1ccc(C)c(-c2cc3n[nH]c(Cc4ccc(F)cc4)c3cn2)c1. The van der Waals surface area contributed by atoms with E-state index in [1.165, 1.54) is 12.1 Å². The molecule has 2 aromatic carbocycles. The summed E-state index contributed by atoms with van der Waals surface area (Å²) in [7, 11) is 0. The Morgan fingerprint density at radius 3 is 2.69 bits per heavy atom. The van der Waals surface area contributed by atoms with Gasteiger partial charge in [-0.1, -0.05) is 18.2 Å². The summed E-state index contributed by atoms with van der Waals surface area (Å²) < 4.78 is 13.1. The van der Waals surface area contributed by atoms with Gasteiger partial charge < -0.3 is 5.32 Å². The molecule has 146 valence electrons. The molecule has 29 heavy (non-hydrogen) atoms. The van der Waals surface area contributed by atoms with Gasteiger partial charge in [0.1, 0.15) is 5.82 Å². The fourth-order valence-corrected chi connectivity index (χ4v) is 3.35. The first kappa shape index (κ1) is 18.8. The van der Waals surface area contributed by atoms with Crippen LogP contribution in [0.2, 0.25) is 0 Å². The number of nitrogens with zero attached hydrogens (tertiary/aromatic N) is 2. The number of benzene rings is 2. The average Bonchev–Trinajstić information content (AvgIpc) is 3.12. The lowest BCUT2D eigenvalue weighted by atomic mass is 10.0. The maximum atomic E-state index is 13.1. The molecular formula is C23H21FN4O. The van der Waals surface area contributed by atoms with E-state index in [4.69, 9.17) is 0 Å². The van der Waals surface area contributed by atoms with Crippen molar-refractivity contribution in [2.75, 3.05) is 6.54 Å². The lowest BCUT2D eigenvalue weighted by Gasteiger charge is -2.09. The number of rotatable bonds is 5. The van der Waals surface area contributed by atoms with Crippen LogP contribution in [0.1, 0.15) is 34.1 Å². The minimum atomic E-state index is -0.250. The molecule has 2 N–H and O–H groups in total. The molecule has 0 spiro atoms. The van der Waals surface area contributed by atoms with Gasteiger partial charge in [0.05, 0.1) is 11.2 Å². The highest BCUT2D eigenvalue weighted by Gasteiger charge is 2.13. The number of hydrogen-bond acceptors (Lipinski definition) is 3. The van der Waals surface area contributed by atoms with E-state index in [1.807, 2.05) is 38.1 Å². The van der Waals surface area contributed by atoms with Crippen LogP contribution in [0.15, 0.2) is 54.7 Å². The van der Waals surface area contributed by atoms with E-state index in [2.05, 4.69) is 20.5 Å². The highest BCUT2D eigenvalue weighted by molar-refractivity contribution is 5.96. The Morgan fingerprint density at radius 1 is 1.14 bits per heavy atom. The van der Waals surface area contributed by atoms with E-state index in [-0.39, 0.29) is 11.7 Å². The van der Waals surface area contributed by atoms with Crippen molar-refractivity contribution < 1.29 is 9.18 Å². The van der Waals surface area contributed by atoms with Gasteiger partial charge in [0, 0.05) is 41.4 Å². The van der Waals surface area contributed by atoms with Crippen molar-refractivity contribution in [1.82, 2.24) is 20.5 Å². The van der Waals surface area contributed by atoms with Crippen molar-refractivity contribution in [3.05, 3.63) is 82.9 Å². The van der Waals surface area contributed by atoms with Gasteiger partial charge in [-0.3, -0.25) is 14.9 Å². The van der Waals surface area contributed by atoms with Gasteiger partial charge in [0.2, 0.25) is 0 Å². The molecule has 0 radical (unpaired) electrons. The topological polar surface area (TPSA) is 70.7 Å². The van der Waals surface area contributed by atoms with Crippen LogP contribution in [0.5, 0.6) is 0 Å². The quantitative estimate of drug-likeness (QED) is 0.532. The lowest BCUT2D eigenvalue weighted by molar-refractivity contribution is 0.0956. The molecule has 5 nitrogen and oxygen atoms in total. The Kier molecular flexibility index (Phi) is 5.08. The maximum Gasteiger partial charge on any atom is 0.251 e. The number of aromatic nitrogens is 3. The summed E-state index contributed by atoms with van der Waals surface area (Å²) in [5.74, 6) is -0.351. The van der Waals surface area contributed by atoms with Gasteiger partial charge in [-0.25, -0.2) is 4.39 Å². The number of aryl methyl sites for hydroxylation is 1. The molecule has 0 unspecified atom stereocenters. The van der Waals surface area contributed by atoms with Crippen molar-refractivity contribution in [2.24, 2.45) is 0 Å². The zero-order valence-corrected chi connectivity index (χ0v) is 16.3. The third-order valence-corrected chi connectivity index (χ3v) is 4.93. The number of fused-ring (bicyclic) bond motifs is 1. The highest BCUT2D eigenvalue weighted by Crippen LogP contribution is 2.27. The Balaban J connectivity index is 1.67. The summed E-state index contributed by atoms with van der Waals surface area (Å²) in [5.41, 5.74) is 6.03. The Labute approximate surface area is 168 Å². The van der Waals surface area contributed by atoms with Crippen LogP contribution in [-0.4, -0.2) is 27.6 Å². The lowest BCUT2D eigenvalue weighted by Crippen LogP contribution is -2.22. The molecular weight excluding hydrogens is 367 g/mol. The second-order valence-corrected chi connectivity index (χ2v) is 6.98. The normalized spacial score (nSPS) is 11.0. The number of pyridine rings is 1. The van der Waals surface area contributed by atoms with Crippen LogP contribution in [0.3, 0.4) is 0 Å². The molecule has 0 saturated carbocycles. The number of carbonyl (C=O) groups excluding carboxylic acids is 1. The molecule has 2 heterocycles. The summed E-state index contributed by atoms with van der Waals surface area (Å²) in [5, 5.41) is 11.2. The van der Waals surface area contributed by atoms with E-state index in [1.54, 1.807) is 18.3 Å². The number of halogens is 1. The largest absolute Gasteiger partial charge is 0.352 e. The van der Waals surface area contributed by atoms with Crippen molar-refractivity contribution >= 4 is 16.8 Å². The van der Waals surface area contributed by atoms with E-state index in [0.29, 0.717) is 18.5 Å². The summed E-state index contributed by atoms with van der Waals surface area (Å²) >= 11 is 0. The van der Waals surface area contributed by atoms with Crippen molar-refractivity contribution in [3.8, 4) is 11.3 Å². The fraction of sp³-hybridized carbons (Fsp3) is 0.174. The molecule has 0 aliphatic heterocycles. The van der Waals surface area contributed by atoms with Crippen molar-refractivity contribution in [2.45, 2.75) is 20.3 Å².